The van der Waals surface area contributed by atoms with Gasteiger partial charge in [-0.25, -0.2) is 0 Å². The fourth-order valence-corrected chi connectivity index (χ4v) is 6.80. The van der Waals surface area contributed by atoms with Crippen LogP contribution in [0, 0.1) is 20.8 Å². The second-order valence-electron chi connectivity index (χ2n) is 12.6. The van der Waals surface area contributed by atoms with Crippen molar-refractivity contribution in [3.63, 3.8) is 0 Å². The molecule has 244 valence electrons. The van der Waals surface area contributed by atoms with E-state index in [2.05, 4.69) is 75.4 Å². The average molecular weight is 624 g/mol. The van der Waals surface area contributed by atoms with Crippen LogP contribution in [0.5, 0.6) is 0 Å². The van der Waals surface area contributed by atoms with Crippen LogP contribution in [0.1, 0.15) is 58.1 Å². The van der Waals surface area contributed by atoms with E-state index in [9.17, 15) is 9.59 Å². The molecule has 2 aliphatic heterocycles. The monoisotopic (exact) mass is 623 g/mol. The van der Waals surface area contributed by atoms with Gasteiger partial charge in [0.15, 0.2) is 0 Å². The summed E-state index contributed by atoms with van der Waals surface area (Å²) in [5.74, 6) is -0.183. The van der Waals surface area contributed by atoms with Crippen LogP contribution in [0.25, 0.3) is 11.1 Å². The predicted octanol–water partition coefficient (Wildman–Crippen LogP) is 5.72. The Morgan fingerprint density at radius 3 is 2.37 bits per heavy atom. The van der Waals surface area contributed by atoms with E-state index in [-0.39, 0.29) is 18.0 Å². The number of aromatic nitrogens is 1. The van der Waals surface area contributed by atoms with Crippen molar-refractivity contribution < 1.29 is 9.53 Å². The lowest BCUT2D eigenvalue weighted by molar-refractivity contribution is 0.0342. The molecule has 8 heteroatoms. The molecular weight excluding hydrogens is 574 g/mol. The zero-order valence-corrected chi connectivity index (χ0v) is 28.0. The van der Waals surface area contributed by atoms with Crippen molar-refractivity contribution in [3.8, 4) is 11.1 Å². The second-order valence-corrected chi connectivity index (χ2v) is 12.6. The summed E-state index contributed by atoms with van der Waals surface area (Å²) < 4.78 is 5.51. The van der Waals surface area contributed by atoms with Gasteiger partial charge >= 0.3 is 0 Å². The van der Waals surface area contributed by atoms with Crippen LogP contribution in [0.2, 0.25) is 0 Å². The molecule has 46 heavy (non-hydrogen) atoms. The van der Waals surface area contributed by atoms with Crippen molar-refractivity contribution in [2.45, 2.75) is 59.7 Å². The standard InChI is InChI=1S/C38H49N5O3/c1-7-28(5)42-15-13-33(14-16-42)43(8-2)36-23-32(31-11-9-30(10-12-31)25-41-17-19-46-20-18-41)22-34(29(36)6)37(44)39-24-35-26(3)21-27(4)40-38(35)45/h7,9-12,21-23,33H,1,5,8,13-20,24-25H2,2-4,6H3,(H,39,44)(H,40,45). The first-order chi connectivity index (χ1) is 22.2. The predicted molar refractivity (Wildman–Crippen MR) is 187 cm³/mol. The summed E-state index contributed by atoms with van der Waals surface area (Å²) in [6.07, 6.45) is 3.82. The minimum Gasteiger partial charge on any atom is -0.379 e. The molecular formula is C38H49N5O3. The first kappa shape index (κ1) is 33.2. The summed E-state index contributed by atoms with van der Waals surface area (Å²) in [7, 11) is 0. The van der Waals surface area contributed by atoms with E-state index in [1.807, 2.05) is 39.0 Å². The zero-order valence-electron chi connectivity index (χ0n) is 28.0. The summed E-state index contributed by atoms with van der Waals surface area (Å²) in [5, 5.41) is 3.06. The molecule has 1 amide bonds. The Kier molecular flexibility index (Phi) is 10.8. The number of hydrogen-bond acceptors (Lipinski definition) is 6. The number of nitrogens with zero attached hydrogens (tertiary/aromatic N) is 3. The number of H-pyrrole nitrogens is 1. The number of carbonyl (C=O) groups excluding carboxylic acids is 1. The highest BCUT2D eigenvalue weighted by molar-refractivity contribution is 5.99. The van der Waals surface area contributed by atoms with Crippen LogP contribution in [0.4, 0.5) is 5.69 Å². The zero-order chi connectivity index (χ0) is 32.8. The molecule has 2 aliphatic rings. The molecule has 0 unspecified atom stereocenters. The molecule has 0 spiro atoms. The van der Waals surface area contributed by atoms with Gasteiger partial charge in [-0.05, 0) is 92.6 Å². The molecule has 0 saturated carbocycles. The molecule has 0 atom stereocenters. The number of likely N-dealkylation sites (tertiary alicyclic amines) is 1. The fourth-order valence-electron chi connectivity index (χ4n) is 6.80. The van der Waals surface area contributed by atoms with Crippen molar-refractivity contribution in [1.82, 2.24) is 20.1 Å². The molecule has 2 N–H and O–H groups in total. The van der Waals surface area contributed by atoms with Gasteiger partial charge in [-0.3, -0.25) is 14.5 Å². The number of pyridine rings is 1. The van der Waals surface area contributed by atoms with Gasteiger partial charge in [0.2, 0.25) is 0 Å². The minimum atomic E-state index is -0.183. The summed E-state index contributed by atoms with van der Waals surface area (Å²) in [5.41, 5.74) is 9.04. The highest BCUT2D eigenvalue weighted by Gasteiger charge is 2.27. The Balaban J connectivity index is 1.46. The van der Waals surface area contributed by atoms with E-state index in [4.69, 9.17) is 4.74 Å². The van der Waals surface area contributed by atoms with Crippen LogP contribution >= 0.6 is 0 Å². The van der Waals surface area contributed by atoms with E-state index in [0.717, 1.165) is 105 Å². The van der Waals surface area contributed by atoms with Crippen molar-refractivity contribution in [2.75, 3.05) is 50.8 Å². The van der Waals surface area contributed by atoms with E-state index in [1.165, 1.54) is 5.56 Å². The van der Waals surface area contributed by atoms with E-state index in [0.29, 0.717) is 17.2 Å². The normalized spacial score (nSPS) is 15.9. The number of aromatic amines is 1. The molecule has 2 saturated heterocycles. The third-order valence-electron chi connectivity index (χ3n) is 9.54. The molecule has 3 heterocycles. The van der Waals surface area contributed by atoms with Crippen LogP contribution < -0.4 is 15.8 Å². The lowest BCUT2D eigenvalue weighted by Crippen LogP contribution is -2.44. The number of piperidine rings is 1. The fraction of sp³-hybridized carbons (Fsp3) is 0.421. The number of aryl methyl sites for hydroxylation is 2. The first-order valence-electron chi connectivity index (χ1n) is 16.5. The van der Waals surface area contributed by atoms with E-state index >= 15 is 0 Å². The summed E-state index contributed by atoms with van der Waals surface area (Å²) >= 11 is 0. The molecule has 0 bridgehead atoms. The number of benzene rings is 2. The maximum atomic E-state index is 13.9. The Bertz CT molecular complexity index is 1610. The number of amides is 1. The maximum absolute atomic E-state index is 13.9. The van der Waals surface area contributed by atoms with Gasteiger partial charge in [0.05, 0.1) is 13.2 Å². The van der Waals surface area contributed by atoms with E-state index < -0.39 is 0 Å². The molecule has 2 aromatic carbocycles. The number of hydrogen-bond donors (Lipinski definition) is 2. The number of anilines is 1. The number of rotatable bonds is 11. The molecule has 8 nitrogen and oxygen atoms in total. The molecule has 0 radical (unpaired) electrons. The third kappa shape index (κ3) is 7.62. The Morgan fingerprint density at radius 2 is 1.74 bits per heavy atom. The molecule has 3 aromatic rings. The maximum Gasteiger partial charge on any atom is 0.253 e. The Hall–Kier alpha value is -4.14. The van der Waals surface area contributed by atoms with Gasteiger partial charge in [0.1, 0.15) is 0 Å². The smallest absolute Gasteiger partial charge is 0.253 e. The van der Waals surface area contributed by atoms with Gasteiger partial charge in [0.25, 0.3) is 11.5 Å². The number of allylic oxidation sites excluding steroid dienone is 1. The quantitative estimate of drug-likeness (QED) is 0.266. The van der Waals surface area contributed by atoms with Crippen molar-refractivity contribution >= 4 is 11.6 Å². The van der Waals surface area contributed by atoms with Crippen molar-refractivity contribution in [2.24, 2.45) is 0 Å². The van der Waals surface area contributed by atoms with Gasteiger partial charge in [0, 0.05) is 80.1 Å². The van der Waals surface area contributed by atoms with Crippen LogP contribution in [0.3, 0.4) is 0 Å². The SMILES string of the molecule is C=CC(=C)N1CCC(N(CC)c2cc(-c3ccc(CN4CCOCC4)cc3)cc(C(=O)NCc3c(C)cc(C)[nH]c3=O)c2C)CC1. The van der Waals surface area contributed by atoms with Gasteiger partial charge < -0.3 is 24.8 Å². The molecule has 2 fully saturated rings. The Morgan fingerprint density at radius 1 is 1.04 bits per heavy atom. The number of morpholine rings is 1. The summed E-state index contributed by atoms with van der Waals surface area (Å²) in [6, 6.07) is 15.2. The lowest BCUT2D eigenvalue weighted by atomic mass is 9.94. The summed E-state index contributed by atoms with van der Waals surface area (Å²) in [6.45, 7) is 23.2. The lowest BCUT2D eigenvalue weighted by Gasteiger charge is -2.41. The second kappa shape index (κ2) is 15.0. The molecule has 0 aliphatic carbocycles. The highest BCUT2D eigenvalue weighted by atomic mass is 16.5. The molecule has 5 rings (SSSR count). The van der Waals surface area contributed by atoms with Gasteiger partial charge in [-0.2, -0.15) is 0 Å². The van der Waals surface area contributed by atoms with E-state index in [1.54, 1.807) is 0 Å². The summed E-state index contributed by atoms with van der Waals surface area (Å²) in [4.78, 5) is 36.6. The minimum absolute atomic E-state index is 0.163. The van der Waals surface area contributed by atoms with Crippen LogP contribution in [0.15, 0.2) is 72.2 Å². The van der Waals surface area contributed by atoms with Crippen molar-refractivity contribution in [1.29, 1.82) is 0 Å². The third-order valence-corrected chi connectivity index (χ3v) is 9.54. The number of carbonyl (C=O) groups is 1. The van der Waals surface area contributed by atoms with Gasteiger partial charge in [-0.1, -0.05) is 37.4 Å². The van der Waals surface area contributed by atoms with Crippen LogP contribution in [-0.2, 0) is 17.8 Å². The largest absolute Gasteiger partial charge is 0.379 e. The van der Waals surface area contributed by atoms with Gasteiger partial charge in [-0.15, -0.1) is 0 Å². The number of ether oxygens (including phenoxy) is 1. The average Bonchev–Trinajstić information content (AvgIpc) is 3.06. The topological polar surface area (TPSA) is 80.9 Å². The molecule has 1 aromatic heterocycles. The van der Waals surface area contributed by atoms with Crippen LogP contribution in [-0.4, -0.2) is 72.7 Å². The highest BCUT2D eigenvalue weighted by Crippen LogP contribution is 2.34. The number of nitrogens with one attached hydrogen (secondary N) is 2. The van der Waals surface area contributed by atoms with Crippen molar-refractivity contribution in [3.05, 3.63) is 111 Å². The first-order valence-corrected chi connectivity index (χ1v) is 16.5. The Labute approximate surface area is 273 Å².